The van der Waals surface area contributed by atoms with Crippen LogP contribution >= 0.6 is 34.7 Å². The van der Waals surface area contributed by atoms with Gasteiger partial charge in [0.15, 0.2) is 0 Å². The van der Waals surface area contributed by atoms with Gasteiger partial charge >= 0.3 is 0 Å². The highest BCUT2D eigenvalue weighted by molar-refractivity contribution is 7.98. The van der Waals surface area contributed by atoms with Gasteiger partial charge in [0, 0.05) is 9.77 Å². The number of halogens is 2. The lowest BCUT2D eigenvalue weighted by Crippen LogP contribution is -2.29. The molecule has 2 aromatic carbocycles. The smallest absolute Gasteiger partial charge is 0.253 e. The van der Waals surface area contributed by atoms with E-state index in [0.717, 1.165) is 15.3 Å². The Balaban J connectivity index is 1.93. The van der Waals surface area contributed by atoms with Crippen LogP contribution in [0.4, 0.5) is 4.39 Å². The lowest BCUT2D eigenvalue weighted by molar-refractivity contribution is 0.0943. The predicted molar refractivity (Wildman–Crippen MR) is 103 cm³/mol. The topological polar surface area (TPSA) is 29.1 Å². The van der Waals surface area contributed by atoms with Crippen LogP contribution in [-0.2, 0) is 0 Å². The Hall–Kier alpha value is -1.82. The largest absolute Gasteiger partial charge is 0.340 e. The fourth-order valence-corrected chi connectivity index (χ4v) is 3.89. The summed E-state index contributed by atoms with van der Waals surface area (Å²) >= 11 is 9.29. The molecule has 6 heteroatoms. The minimum Gasteiger partial charge on any atom is -0.340 e. The Morgan fingerprint density at radius 1 is 1.20 bits per heavy atom. The highest BCUT2D eigenvalue weighted by Crippen LogP contribution is 2.28. The standard InChI is InChI=1S/C19H15ClFNOS2/c1-24-14-8-9-16(20)15(11-14)19(23)22-18(17-3-2-10-25-17)12-4-6-13(21)7-5-12/h2-11,18H,1H3,(H,22,23). The molecular weight excluding hydrogens is 377 g/mol. The molecule has 0 aliphatic carbocycles. The summed E-state index contributed by atoms with van der Waals surface area (Å²) in [6, 6.07) is 15.0. The van der Waals surface area contributed by atoms with E-state index in [1.807, 2.05) is 29.8 Å². The Labute approximate surface area is 159 Å². The summed E-state index contributed by atoms with van der Waals surface area (Å²) in [6.07, 6.45) is 1.94. The number of amides is 1. The molecule has 1 atom stereocenters. The predicted octanol–water partition coefficient (Wildman–Crippen LogP) is 5.78. The number of carbonyl (C=O) groups excluding carboxylic acids is 1. The van der Waals surface area contributed by atoms with E-state index in [-0.39, 0.29) is 17.8 Å². The van der Waals surface area contributed by atoms with Gasteiger partial charge in [-0.15, -0.1) is 23.1 Å². The molecule has 1 aromatic heterocycles. The van der Waals surface area contributed by atoms with Crippen molar-refractivity contribution in [1.29, 1.82) is 0 Å². The molecule has 1 unspecified atom stereocenters. The first-order valence-electron chi connectivity index (χ1n) is 7.52. The number of nitrogens with one attached hydrogen (secondary N) is 1. The zero-order valence-electron chi connectivity index (χ0n) is 13.3. The van der Waals surface area contributed by atoms with Crippen LogP contribution in [0.25, 0.3) is 0 Å². The SMILES string of the molecule is CSc1ccc(Cl)c(C(=O)NC(c2ccc(F)cc2)c2cccs2)c1. The maximum absolute atomic E-state index is 13.3. The second kappa shape index (κ2) is 8.04. The van der Waals surface area contributed by atoms with E-state index < -0.39 is 0 Å². The van der Waals surface area contributed by atoms with Crippen molar-refractivity contribution in [3.8, 4) is 0 Å². The minimum absolute atomic E-state index is 0.261. The normalized spacial score (nSPS) is 12.0. The number of rotatable bonds is 5. The van der Waals surface area contributed by atoms with Crippen LogP contribution in [0.3, 0.4) is 0 Å². The van der Waals surface area contributed by atoms with Gasteiger partial charge in [-0.25, -0.2) is 4.39 Å². The third-order valence-corrected chi connectivity index (χ3v) is 5.72. The molecule has 1 amide bonds. The summed E-state index contributed by atoms with van der Waals surface area (Å²) in [5.74, 6) is -0.570. The van der Waals surface area contributed by atoms with Crippen molar-refractivity contribution in [2.45, 2.75) is 10.9 Å². The average Bonchev–Trinajstić information content (AvgIpc) is 3.15. The van der Waals surface area contributed by atoms with Gasteiger partial charge in [0.2, 0.25) is 0 Å². The molecule has 1 heterocycles. The molecule has 0 radical (unpaired) electrons. The maximum atomic E-state index is 13.3. The summed E-state index contributed by atoms with van der Waals surface area (Å²) in [5.41, 5.74) is 1.24. The number of carbonyl (C=O) groups is 1. The van der Waals surface area contributed by atoms with Crippen molar-refractivity contribution >= 4 is 40.6 Å². The quantitative estimate of drug-likeness (QED) is 0.558. The van der Waals surface area contributed by atoms with Gasteiger partial charge in [-0.3, -0.25) is 4.79 Å². The fourth-order valence-electron chi connectivity index (χ4n) is 2.44. The highest BCUT2D eigenvalue weighted by Gasteiger charge is 2.20. The summed E-state index contributed by atoms with van der Waals surface area (Å²) in [5, 5.41) is 5.36. The van der Waals surface area contributed by atoms with E-state index in [9.17, 15) is 9.18 Å². The van der Waals surface area contributed by atoms with Crippen molar-refractivity contribution in [3.05, 3.63) is 86.8 Å². The van der Waals surface area contributed by atoms with Crippen LogP contribution in [-0.4, -0.2) is 12.2 Å². The molecule has 0 saturated heterocycles. The molecule has 2 nitrogen and oxygen atoms in total. The van der Waals surface area contributed by atoms with Gasteiger partial charge in [0.1, 0.15) is 5.82 Å². The van der Waals surface area contributed by atoms with Gasteiger partial charge in [-0.05, 0) is 53.6 Å². The van der Waals surface area contributed by atoms with Crippen LogP contribution in [0.1, 0.15) is 26.8 Å². The first kappa shape index (κ1) is 18.0. The second-order valence-corrected chi connectivity index (χ2v) is 7.59. The number of thiophene rings is 1. The highest BCUT2D eigenvalue weighted by atomic mass is 35.5. The number of thioether (sulfide) groups is 1. The van der Waals surface area contributed by atoms with Crippen molar-refractivity contribution in [2.24, 2.45) is 0 Å². The Morgan fingerprint density at radius 3 is 2.60 bits per heavy atom. The molecule has 0 saturated carbocycles. The first-order valence-corrected chi connectivity index (χ1v) is 10.00. The van der Waals surface area contributed by atoms with Crippen LogP contribution in [0.15, 0.2) is 64.9 Å². The molecule has 0 bridgehead atoms. The Morgan fingerprint density at radius 2 is 1.96 bits per heavy atom. The molecule has 0 aliphatic heterocycles. The molecule has 128 valence electrons. The number of hydrogen-bond donors (Lipinski definition) is 1. The molecule has 3 aromatic rings. The summed E-state index contributed by atoms with van der Waals surface area (Å²) in [7, 11) is 0. The monoisotopic (exact) mass is 391 g/mol. The van der Waals surface area contributed by atoms with Crippen molar-refractivity contribution in [2.75, 3.05) is 6.26 Å². The van der Waals surface area contributed by atoms with Crippen molar-refractivity contribution in [1.82, 2.24) is 5.32 Å². The van der Waals surface area contributed by atoms with Crippen LogP contribution < -0.4 is 5.32 Å². The lowest BCUT2D eigenvalue weighted by Gasteiger charge is -2.19. The van der Waals surface area contributed by atoms with E-state index in [2.05, 4.69) is 5.32 Å². The van der Waals surface area contributed by atoms with E-state index >= 15 is 0 Å². The first-order chi connectivity index (χ1) is 12.1. The third-order valence-electron chi connectivity index (χ3n) is 3.72. The van der Waals surface area contributed by atoms with Gasteiger partial charge < -0.3 is 5.32 Å². The lowest BCUT2D eigenvalue weighted by atomic mass is 10.0. The van der Waals surface area contributed by atoms with Crippen LogP contribution in [0, 0.1) is 5.82 Å². The summed E-state index contributed by atoms with van der Waals surface area (Å²) in [4.78, 5) is 14.7. The molecule has 0 fully saturated rings. The molecule has 0 spiro atoms. The molecule has 25 heavy (non-hydrogen) atoms. The van der Waals surface area contributed by atoms with Gasteiger partial charge in [-0.1, -0.05) is 29.8 Å². The number of hydrogen-bond acceptors (Lipinski definition) is 3. The van der Waals surface area contributed by atoms with Crippen LogP contribution in [0.2, 0.25) is 5.02 Å². The van der Waals surface area contributed by atoms with Crippen molar-refractivity contribution < 1.29 is 9.18 Å². The van der Waals surface area contributed by atoms with Crippen LogP contribution in [0.5, 0.6) is 0 Å². The minimum atomic E-state index is -0.359. The average molecular weight is 392 g/mol. The van der Waals surface area contributed by atoms with Gasteiger partial charge in [-0.2, -0.15) is 0 Å². The summed E-state index contributed by atoms with van der Waals surface area (Å²) < 4.78 is 13.3. The maximum Gasteiger partial charge on any atom is 0.253 e. The van der Waals surface area contributed by atoms with Crippen molar-refractivity contribution in [3.63, 3.8) is 0 Å². The second-order valence-electron chi connectivity index (χ2n) is 5.32. The third kappa shape index (κ3) is 4.24. The fraction of sp³-hybridized carbons (Fsp3) is 0.105. The van der Waals surface area contributed by atoms with E-state index in [1.165, 1.54) is 23.5 Å². The summed E-state index contributed by atoms with van der Waals surface area (Å²) in [6.45, 7) is 0. The molecule has 3 rings (SSSR count). The number of benzene rings is 2. The van der Waals surface area contributed by atoms with Gasteiger partial charge in [0.05, 0.1) is 16.6 Å². The van der Waals surface area contributed by atoms with E-state index in [1.54, 1.807) is 36.0 Å². The van der Waals surface area contributed by atoms with Gasteiger partial charge in [0.25, 0.3) is 5.91 Å². The van der Waals surface area contributed by atoms with E-state index in [4.69, 9.17) is 11.6 Å². The molecule has 0 aliphatic rings. The van der Waals surface area contributed by atoms with E-state index in [0.29, 0.717) is 10.6 Å². The zero-order chi connectivity index (χ0) is 17.8. The molecular formula is C19H15ClFNOS2. The molecule has 1 N–H and O–H groups in total. The Kier molecular flexibility index (Phi) is 5.78. The Bertz CT molecular complexity index is 866. The zero-order valence-corrected chi connectivity index (χ0v) is 15.7.